The average molecular weight is 270 g/mol. The molecule has 0 saturated carbocycles. The maximum absolute atomic E-state index is 4.72. The Hall–Kier alpha value is -1.68. The van der Waals surface area contributed by atoms with Crippen molar-refractivity contribution in [1.29, 1.82) is 0 Å². The van der Waals surface area contributed by atoms with Crippen LogP contribution in [0.25, 0.3) is 0 Å². The Morgan fingerprint density at radius 3 is 2.90 bits per heavy atom. The number of fused-ring (bicyclic) bond motifs is 1. The van der Waals surface area contributed by atoms with Crippen molar-refractivity contribution in [3.8, 4) is 0 Å². The van der Waals surface area contributed by atoms with Gasteiger partial charge < -0.3 is 4.57 Å². The van der Waals surface area contributed by atoms with Crippen LogP contribution in [0.15, 0.2) is 24.5 Å². The van der Waals surface area contributed by atoms with E-state index in [-0.39, 0.29) is 0 Å². The van der Waals surface area contributed by atoms with E-state index in [4.69, 9.17) is 4.98 Å². The average Bonchev–Trinajstić information content (AvgIpc) is 2.83. The maximum Gasteiger partial charge on any atom is 0.131 e. The first-order chi connectivity index (χ1) is 9.63. The lowest BCUT2D eigenvalue weighted by Crippen LogP contribution is -2.31. The number of nitrogens with zero attached hydrogens (tertiary/aromatic N) is 4. The molecule has 3 heterocycles. The van der Waals surface area contributed by atoms with E-state index in [1.165, 1.54) is 17.0 Å². The molecule has 0 bridgehead atoms. The molecule has 0 N–H and O–H groups in total. The van der Waals surface area contributed by atoms with Gasteiger partial charge in [-0.2, -0.15) is 0 Å². The Bertz CT molecular complexity index is 600. The molecular weight excluding hydrogens is 248 g/mol. The number of aromatic nitrogens is 3. The Morgan fingerprint density at radius 1 is 1.35 bits per heavy atom. The highest BCUT2D eigenvalue weighted by atomic mass is 15.2. The fraction of sp³-hybridized carbons (Fsp3) is 0.500. The quantitative estimate of drug-likeness (QED) is 0.859. The van der Waals surface area contributed by atoms with E-state index >= 15 is 0 Å². The molecular formula is C16H22N4. The molecule has 2 aromatic rings. The molecule has 2 aromatic heterocycles. The van der Waals surface area contributed by atoms with Crippen LogP contribution in [-0.2, 0) is 26.6 Å². The van der Waals surface area contributed by atoms with Crippen molar-refractivity contribution in [2.24, 2.45) is 7.05 Å². The number of hydrogen-bond donors (Lipinski definition) is 0. The minimum absolute atomic E-state index is 0.404. The lowest BCUT2D eigenvalue weighted by molar-refractivity contribution is 0.237. The summed E-state index contributed by atoms with van der Waals surface area (Å²) >= 11 is 0. The van der Waals surface area contributed by atoms with E-state index in [0.717, 1.165) is 31.9 Å². The third-order valence-corrected chi connectivity index (χ3v) is 3.98. The second-order valence-corrected chi connectivity index (χ2v) is 5.93. The van der Waals surface area contributed by atoms with Crippen LogP contribution < -0.4 is 0 Å². The molecule has 106 valence electrons. The predicted octanol–water partition coefficient (Wildman–Crippen LogP) is 2.50. The zero-order valence-electron chi connectivity index (χ0n) is 12.5. The van der Waals surface area contributed by atoms with Gasteiger partial charge in [-0.1, -0.05) is 13.8 Å². The molecule has 0 fully saturated rings. The molecule has 0 radical (unpaired) electrons. The molecule has 0 saturated heterocycles. The first kappa shape index (κ1) is 13.3. The first-order valence-corrected chi connectivity index (χ1v) is 7.30. The Morgan fingerprint density at radius 2 is 2.20 bits per heavy atom. The smallest absolute Gasteiger partial charge is 0.131 e. The summed E-state index contributed by atoms with van der Waals surface area (Å²) in [7, 11) is 2.10. The van der Waals surface area contributed by atoms with Crippen LogP contribution in [0.5, 0.6) is 0 Å². The summed E-state index contributed by atoms with van der Waals surface area (Å²) in [4.78, 5) is 11.7. The van der Waals surface area contributed by atoms with Crippen LogP contribution in [0.1, 0.15) is 42.5 Å². The van der Waals surface area contributed by atoms with Crippen LogP contribution in [0.2, 0.25) is 0 Å². The normalized spacial score (nSPS) is 15.6. The lowest BCUT2D eigenvalue weighted by atomic mass is 10.1. The minimum Gasteiger partial charge on any atom is -0.353 e. The Balaban J connectivity index is 1.74. The third-order valence-electron chi connectivity index (χ3n) is 3.98. The summed E-state index contributed by atoms with van der Waals surface area (Å²) in [6.45, 7) is 7.32. The largest absolute Gasteiger partial charge is 0.353 e. The van der Waals surface area contributed by atoms with Crippen molar-refractivity contribution in [1.82, 2.24) is 19.4 Å². The monoisotopic (exact) mass is 270 g/mol. The van der Waals surface area contributed by atoms with Crippen molar-refractivity contribution in [2.75, 3.05) is 6.54 Å². The second-order valence-electron chi connectivity index (χ2n) is 5.93. The molecule has 4 nitrogen and oxygen atoms in total. The van der Waals surface area contributed by atoms with Gasteiger partial charge in [-0.3, -0.25) is 4.90 Å². The molecule has 3 rings (SSSR count). The maximum atomic E-state index is 4.72. The zero-order chi connectivity index (χ0) is 14.1. The van der Waals surface area contributed by atoms with Crippen molar-refractivity contribution < 1.29 is 0 Å². The Kier molecular flexibility index (Phi) is 3.57. The van der Waals surface area contributed by atoms with Crippen molar-refractivity contribution in [3.63, 3.8) is 0 Å². The fourth-order valence-electron chi connectivity index (χ4n) is 2.69. The standard InChI is InChI=1S/C16H22N4/c1-12(2)16-17-9-13-10-20(8-6-15(13)18-16)11-14-5-4-7-19(14)3/h4-5,7,9,12H,6,8,10-11H2,1-3H3. The third kappa shape index (κ3) is 2.61. The highest BCUT2D eigenvalue weighted by Gasteiger charge is 2.19. The molecule has 1 aliphatic heterocycles. The molecule has 0 atom stereocenters. The summed E-state index contributed by atoms with van der Waals surface area (Å²) in [5.41, 5.74) is 3.88. The highest BCUT2D eigenvalue weighted by Crippen LogP contribution is 2.20. The first-order valence-electron chi connectivity index (χ1n) is 7.30. The van der Waals surface area contributed by atoms with Crippen LogP contribution in [-0.4, -0.2) is 26.0 Å². The number of rotatable bonds is 3. The van der Waals surface area contributed by atoms with Gasteiger partial charge in [0.15, 0.2) is 0 Å². The van der Waals surface area contributed by atoms with E-state index in [0.29, 0.717) is 5.92 Å². The van der Waals surface area contributed by atoms with Gasteiger partial charge in [-0.05, 0) is 12.1 Å². The molecule has 4 heteroatoms. The van der Waals surface area contributed by atoms with Gasteiger partial charge in [0, 0.05) is 68.4 Å². The minimum atomic E-state index is 0.404. The SMILES string of the molecule is CC(C)c1ncc2c(n1)CCN(Cc1cccn1C)C2. The van der Waals surface area contributed by atoms with Gasteiger partial charge in [0.05, 0.1) is 0 Å². The summed E-state index contributed by atoms with van der Waals surface area (Å²) in [6, 6.07) is 4.29. The molecule has 0 amide bonds. The van der Waals surface area contributed by atoms with Gasteiger partial charge >= 0.3 is 0 Å². The van der Waals surface area contributed by atoms with E-state index in [2.05, 4.69) is 53.7 Å². The number of hydrogen-bond acceptors (Lipinski definition) is 3. The number of aryl methyl sites for hydroxylation is 1. The fourth-order valence-corrected chi connectivity index (χ4v) is 2.69. The molecule has 0 aromatic carbocycles. The highest BCUT2D eigenvalue weighted by molar-refractivity contribution is 5.21. The van der Waals surface area contributed by atoms with Crippen LogP contribution in [0.3, 0.4) is 0 Å². The Labute approximate surface area is 120 Å². The van der Waals surface area contributed by atoms with E-state index < -0.39 is 0 Å². The summed E-state index contributed by atoms with van der Waals surface area (Å²) in [5.74, 6) is 1.38. The van der Waals surface area contributed by atoms with Crippen molar-refractivity contribution >= 4 is 0 Å². The molecule has 20 heavy (non-hydrogen) atoms. The summed E-state index contributed by atoms with van der Waals surface area (Å²) in [6.07, 6.45) is 5.15. The van der Waals surface area contributed by atoms with Crippen LogP contribution >= 0.6 is 0 Å². The van der Waals surface area contributed by atoms with Gasteiger partial charge in [-0.15, -0.1) is 0 Å². The second kappa shape index (κ2) is 5.37. The van der Waals surface area contributed by atoms with E-state index in [1.807, 2.05) is 6.20 Å². The lowest BCUT2D eigenvalue weighted by Gasteiger charge is -2.28. The predicted molar refractivity (Wildman–Crippen MR) is 79.4 cm³/mol. The zero-order valence-corrected chi connectivity index (χ0v) is 12.5. The van der Waals surface area contributed by atoms with E-state index in [1.54, 1.807) is 0 Å². The van der Waals surface area contributed by atoms with Gasteiger partial charge in [0.25, 0.3) is 0 Å². The summed E-state index contributed by atoms with van der Waals surface area (Å²) in [5, 5.41) is 0. The van der Waals surface area contributed by atoms with Gasteiger partial charge in [-0.25, -0.2) is 9.97 Å². The topological polar surface area (TPSA) is 34.0 Å². The van der Waals surface area contributed by atoms with Crippen LogP contribution in [0, 0.1) is 0 Å². The summed E-state index contributed by atoms with van der Waals surface area (Å²) < 4.78 is 2.19. The molecule has 0 aliphatic carbocycles. The molecule has 0 spiro atoms. The van der Waals surface area contributed by atoms with Crippen LogP contribution in [0.4, 0.5) is 0 Å². The molecule has 0 unspecified atom stereocenters. The van der Waals surface area contributed by atoms with Crippen molar-refractivity contribution in [3.05, 3.63) is 47.3 Å². The van der Waals surface area contributed by atoms with Gasteiger partial charge in [0.1, 0.15) is 5.82 Å². The van der Waals surface area contributed by atoms with E-state index in [9.17, 15) is 0 Å². The molecule has 1 aliphatic rings. The van der Waals surface area contributed by atoms with Crippen molar-refractivity contribution in [2.45, 2.75) is 39.3 Å². The van der Waals surface area contributed by atoms with Gasteiger partial charge in [0.2, 0.25) is 0 Å².